The number of carbonyl (C=O) groups excluding carboxylic acids is 1. The second-order valence-electron chi connectivity index (χ2n) is 5.20. The number of hydrogen-bond donors (Lipinski definition) is 1. The molecule has 1 fully saturated rings. The zero-order chi connectivity index (χ0) is 14.8. The van der Waals surface area contributed by atoms with Crippen molar-refractivity contribution < 1.29 is 13.2 Å². The van der Waals surface area contributed by atoms with Crippen LogP contribution in [-0.4, -0.2) is 36.8 Å². The third-order valence-electron chi connectivity index (χ3n) is 3.31. The number of sulfone groups is 1. The number of anilines is 1. The largest absolute Gasteiger partial charge is 0.325 e. The van der Waals surface area contributed by atoms with E-state index in [-0.39, 0.29) is 22.7 Å². The number of hydrogen-bond acceptors (Lipinski definition) is 4. The van der Waals surface area contributed by atoms with Crippen LogP contribution in [0.2, 0.25) is 0 Å². The van der Waals surface area contributed by atoms with Gasteiger partial charge in [-0.15, -0.1) is 11.8 Å². The highest BCUT2D eigenvalue weighted by Crippen LogP contribution is 2.24. The monoisotopic (exact) mass is 313 g/mol. The molecule has 110 valence electrons. The van der Waals surface area contributed by atoms with Gasteiger partial charge in [-0.25, -0.2) is 8.42 Å². The van der Waals surface area contributed by atoms with Gasteiger partial charge in [-0.05, 0) is 37.5 Å². The van der Waals surface area contributed by atoms with Gasteiger partial charge < -0.3 is 5.32 Å². The number of amides is 1. The molecule has 0 saturated carbocycles. The van der Waals surface area contributed by atoms with E-state index in [1.807, 2.05) is 32.0 Å². The molecular weight excluding hydrogens is 294 g/mol. The Balaban J connectivity index is 1.85. The van der Waals surface area contributed by atoms with Crippen molar-refractivity contribution in [2.75, 3.05) is 22.6 Å². The van der Waals surface area contributed by atoms with Crippen LogP contribution in [0.3, 0.4) is 0 Å². The van der Waals surface area contributed by atoms with Gasteiger partial charge >= 0.3 is 0 Å². The van der Waals surface area contributed by atoms with Crippen LogP contribution in [0.1, 0.15) is 17.5 Å². The minimum absolute atomic E-state index is 0.0596. The van der Waals surface area contributed by atoms with Gasteiger partial charge in [-0.2, -0.15) is 0 Å². The molecule has 4 nitrogen and oxygen atoms in total. The summed E-state index contributed by atoms with van der Waals surface area (Å²) in [5.41, 5.74) is 2.95. The third kappa shape index (κ3) is 4.24. The van der Waals surface area contributed by atoms with Crippen molar-refractivity contribution in [3.63, 3.8) is 0 Å². The Morgan fingerprint density at radius 3 is 2.80 bits per heavy atom. The topological polar surface area (TPSA) is 63.2 Å². The van der Waals surface area contributed by atoms with E-state index in [4.69, 9.17) is 0 Å². The van der Waals surface area contributed by atoms with Crippen molar-refractivity contribution in [2.24, 2.45) is 0 Å². The summed E-state index contributed by atoms with van der Waals surface area (Å²) in [5.74, 6) is 0.679. The van der Waals surface area contributed by atoms with Crippen molar-refractivity contribution in [3.8, 4) is 0 Å². The quantitative estimate of drug-likeness (QED) is 0.925. The molecule has 20 heavy (non-hydrogen) atoms. The molecule has 1 aliphatic heterocycles. The van der Waals surface area contributed by atoms with Crippen molar-refractivity contribution in [3.05, 3.63) is 29.3 Å². The van der Waals surface area contributed by atoms with E-state index in [9.17, 15) is 13.2 Å². The summed E-state index contributed by atoms with van der Waals surface area (Å²) in [7, 11) is -2.87. The molecule has 1 N–H and O–H groups in total. The Morgan fingerprint density at radius 1 is 1.40 bits per heavy atom. The number of benzene rings is 1. The normalized spacial score (nSPS) is 20.8. The molecule has 0 unspecified atom stereocenters. The van der Waals surface area contributed by atoms with E-state index >= 15 is 0 Å². The first kappa shape index (κ1) is 15.4. The Morgan fingerprint density at radius 2 is 2.15 bits per heavy atom. The molecule has 1 heterocycles. The zero-order valence-electron chi connectivity index (χ0n) is 11.7. The van der Waals surface area contributed by atoms with Gasteiger partial charge in [0.25, 0.3) is 0 Å². The maximum absolute atomic E-state index is 11.9. The van der Waals surface area contributed by atoms with Crippen molar-refractivity contribution in [1.82, 2.24) is 0 Å². The number of carbonyl (C=O) groups is 1. The zero-order valence-corrected chi connectivity index (χ0v) is 13.3. The summed E-state index contributed by atoms with van der Waals surface area (Å²) in [6, 6.07) is 5.92. The summed E-state index contributed by atoms with van der Waals surface area (Å²) in [6.07, 6.45) is 0.657. The minimum atomic E-state index is -2.87. The number of thioether (sulfide) groups is 1. The van der Waals surface area contributed by atoms with Gasteiger partial charge in [0.1, 0.15) is 0 Å². The first-order chi connectivity index (χ1) is 9.35. The maximum atomic E-state index is 11.9. The SMILES string of the molecule is Cc1ccc(C)c(NC(=O)CS[C@@H]2CCS(=O)(=O)C2)c1. The molecule has 1 atom stereocenters. The van der Waals surface area contributed by atoms with Gasteiger partial charge in [0, 0.05) is 10.9 Å². The molecule has 1 aromatic carbocycles. The Bertz CT molecular complexity index is 611. The lowest BCUT2D eigenvalue weighted by atomic mass is 10.1. The fourth-order valence-corrected chi connectivity index (χ4v) is 5.59. The number of aryl methyl sites for hydroxylation is 2. The van der Waals surface area contributed by atoms with E-state index < -0.39 is 9.84 Å². The van der Waals surface area contributed by atoms with Gasteiger partial charge in [0.2, 0.25) is 5.91 Å². The van der Waals surface area contributed by atoms with Gasteiger partial charge in [-0.1, -0.05) is 12.1 Å². The van der Waals surface area contributed by atoms with Crippen LogP contribution in [0.5, 0.6) is 0 Å². The average molecular weight is 313 g/mol. The lowest BCUT2D eigenvalue weighted by molar-refractivity contribution is -0.113. The lowest BCUT2D eigenvalue weighted by Gasteiger charge is -2.11. The Kier molecular flexibility index (Phi) is 4.75. The van der Waals surface area contributed by atoms with Crippen LogP contribution in [0, 0.1) is 13.8 Å². The molecule has 0 spiro atoms. The third-order valence-corrected chi connectivity index (χ3v) is 6.59. The van der Waals surface area contributed by atoms with Crippen molar-refractivity contribution >= 4 is 33.2 Å². The van der Waals surface area contributed by atoms with Gasteiger partial charge in [0.15, 0.2) is 9.84 Å². The minimum Gasteiger partial charge on any atom is -0.325 e. The van der Waals surface area contributed by atoms with E-state index in [2.05, 4.69) is 5.32 Å². The smallest absolute Gasteiger partial charge is 0.234 e. The van der Waals surface area contributed by atoms with Crippen LogP contribution in [0.4, 0.5) is 5.69 Å². The van der Waals surface area contributed by atoms with Crippen molar-refractivity contribution in [2.45, 2.75) is 25.5 Å². The lowest BCUT2D eigenvalue weighted by Crippen LogP contribution is -2.17. The highest BCUT2D eigenvalue weighted by molar-refractivity contribution is 8.02. The summed E-state index contributed by atoms with van der Waals surface area (Å²) in [4.78, 5) is 11.9. The molecule has 1 aliphatic rings. The molecule has 0 bridgehead atoms. The van der Waals surface area contributed by atoms with Crippen LogP contribution < -0.4 is 5.32 Å². The summed E-state index contributed by atoms with van der Waals surface area (Å²) in [5, 5.41) is 2.95. The molecule has 6 heteroatoms. The first-order valence-corrected chi connectivity index (χ1v) is 9.42. The van der Waals surface area contributed by atoms with Crippen LogP contribution in [0.25, 0.3) is 0 Å². The van der Waals surface area contributed by atoms with E-state index in [0.717, 1.165) is 16.8 Å². The predicted octanol–water partition coefficient (Wildman–Crippen LogP) is 2.16. The Hall–Kier alpha value is -1.01. The van der Waals surface area contributed by atoms with Crippen LogP contribution >= 0.6 is 11.8 Å². The summed E-state index contributed by atoms with van der Waals surface area (Å²) in [6.45, 7) is 3.93. The second kappa shape index (κ2) is 6.18. The highest BCUT2D eigenvalue weighted by Gasteiger charge is 2.28. The fourth-order valence-electron chi connectivity index (χ4n) is 2.14. The molecule has 1 aromatic rings. The number of rotatable bonds is 4. The van der Waals surface area contributed by atoms with E-state index in [1.165, 1.54) is 11.8 Å². The Labute approximate surface area is 124 Å². The average Bonchev–Trinajstić information content (AvgIpc) is 2.71. The van der Waals surface area contributed by atoms with E-state index in [0.29, 0.717) is 12.2 Å². The van der Waals surface area contributed by atoms with Gasteiger partial charge in [-0.3, -0.25) is 4.79 Å². The van der Waals surface area contributed by atoms with E-state index in [1.54, 1.807) is 0 Å². The van der Waals surface area contributed by atoms with Crippen molar-refractivity contribution in [1.29, 1.82) is 0 Å². The molecule has 1 amide bonds. The highest BCUT2D eigenvalue weighted by atomic mass is 32.2. The molecule has 0 aromatic heterocycles. The maximum Gasteiger partial charge on any atom is 0.234 e. The van der Waals surface area contributed by atoms with Gasteiger partial charge in [0.05, 0.1) is 17.3 Å². The predicted molar refractivity (Wildman–Crippen MR) is 84.1 cm³/mol. The molecular formula is C14H19NO3S2. The second-order valence-corrected chi connectivity index (χ2v) is 8.72. The first-order valence-electron chi connectivity index (χ1n) is 6.55. The summed E-state index contributed by atoms with van der Waals surface area (Å²) < 4.78 is 22.7. The van der Waals surface area contributed by atoms with Crippen LogP contribution in [0.15, 0.2) is 18.2 Å². The molecule has 0 aliphatic carbocycles. The molecule has 2 rings (SSSR count). The standard InChI is InChI=1S/C14H19NO3S2/c1-10-3-4-11(2)13(7-10)15-14(16)8-19-12-5-6-20(17,18)9-12/h3-4,7,12H,5-6,8-9H2,1-2H3,(H,15,16)/t12-/m1/s1. The molecule has 1 saturated heterocycles. The van der Waals surface area contributed by atoms with Crippen LogP contribution in [-0.2, 0) is 14.6 Å². The number of nitrogens with one attached hydrogen (secondary N) is 1. The fraction of sp³-hybridized carbons (Fsp3) is 0.500. The summed E-state index contributed by atoms with van der Waals surface area (Å²) >= 11 is 1.43. The molecule has 0 radical (unpaired) electrons.